The highest BCUT2D eigenvalue weighted by Crippen LogP contribution is 2.29. The Kier molecular flexibility index (Phi) is 7.00. The predicted octanol–water partition coefficient (Wildman–Crippen LogP) is 4.12. The summed E-state index contributed by atoms with van der Waals surface area (Å²) in [5.41, 5.74) is 1.32. The topological polar surface area (TPSA) is 40.5 Å². The number of hydrogen-bond acceptors (Lipinski definition) is 2. The largest absolute Gasteiger partial charge is 0.481 e. The van der Waals surface area contributed by atoms with Crippen molar-refractivity contribution in [2.45, 2.75) is 32.2 Å². The van der Waals surface area contributed by atoms with Crippen LogP contribution < -0.4 is 0 Å². The van der Waals surface area contributed by atoms with Crippen molar-refractivity contribution in [3.05, 3.63) is 34.3 Å². The van der Waals surface area contributed by atoms with Gasteiger partial charge < -0.3 is 5.11 Å². The molecule has 0 spiro atoms. The Morgan fingerprint density at radius 1 is 1.35 bits per heavy atom. The summed E-state index contributed by atoms with van der Waals surface area (Å²) in [4.78, 5) is 13.4. The van der Waals surface area contributed by atoms with Crippen molar-refractivity contribution in [1.29, 1.82) is 0 Å². The molecule has 20 heavy (non-hydrogen) atoms. The van der Waals surface area contributed by atoms with Gasteiger partial charge in [-0.05, 0) is 50.0 Å². The Bertz CT molecular complexity index is 430. The maximum absolute atomic E-state index is 11.0. The van der Waals surface area contributed by atoms with Gasteiger partial charge >= 0.3 is 5.97 Å². The summed E-state index contributed by atoms with van der Waals surface area (Å²) in [6, 6.07) is 8.86. The normalized spacial score (nSPS) is 18.3. The smallest absolute Gasteiger partial charge is 0.306 e. The van der Waals surface area contributed by atoms with E-state index < -0.39 is 5.97 Å². The van der Waals surface area contributed by atoms with E-state index in [-0.39, 0.29) is 18.3 Å². The second-order valence-electron chi connectivity index (χ2n) is 5.12. The van der Waals surface area contributed by atoms with E-state index >= 15 is 0 Å². The van der Waals surface area contributed by atoms with E-state index in [1.165, 1.54) is 5.56 Å². The first-order valence-corrected chi connectivity index (χ1v) is 7.63. The Hall–Kier alpha value is -0.580. The lowest BCUT2D eigenvalue weighted by molar-refractivity contribution is -0.143. The fraction of sp³-hybridized carbons (Fsp3) is 0.533. The lowest BCUT2D eigenvalue weighted by Crippen LogP contribution is -2.38. The van der Waals surface area contributed by atoms with Gasteiger partial charge in [-0.2, -0.15) is 0 Å². The number of rotatable bonds is 4. The molecule has 2 rings (SSSR count). The summed E-state index contributed by atoms with van der Waals surface area (Å²) in [7, 11) is 0. The molecule has 1 N–H and O–H groups in total. The minimum atomic E-state index is -0.642. The van der Waals surface area contributed by atoms with Gasteiger partial charge in [-0.15, -0.1) is 12.4 Å². The monoisotopic (exact) mass is 361 g/mol. The van der Waals surface area contributed by atoms with Crippen LogP contribution in [0.25, 0.3) is 0 Å². The van der Waals surface area contributed by atoms with Gasteiger partial charge in [0, 0.05) is 10.5 Å². The molecule has 1 aliphatic rings. The fourth-order valence-corrected chi connectivity index (χ4v) is 3.11. The highest BCUT2D eigenvalue weighted by molar-refractivity contribution is 9.10. The third-order valence-corrected chi connectivity index (χ3v) is 4.49. The van der Waals surface area contributed by atoms with Gasteiger partial charge in [0.2, 0.25) is 0 Å². The van der Waals surface area contributed by atoms with Gasteiger partial charge in [0.15, 0.2) is 0 Å². The van der Waals surface area contributed by atoms with Gasteiger partial charge in [-0.3, -0.25) is 9.69 Å². The van der Waals surface area contributed by atoms with Crippen molar-refractivity contribution >= 4 is 34.3 Å². The molecule has 0 aromatic heterocycles. The first-order valence-electron chi connectivity index (χ1n) is 6.84. The van der Waals surface area contributed by atoms with Crippen molar-refractivity contribution in [2.24, 2.45) is 5.92 Å². The van der Waals surface area contributed by atoms with Crippen molar-refractivity contribution < 1.29 is 9.90 Å². The zero-order valence-corrected chi connectivity index (χ0v) is 14.0. The molecule has 3 nitrogen and oxygen atoms in total. The molecule has 1 unspecified atom stereocenters. The summed E-state index contributed by atoms with van der Waals surface area (Å²) >= 11 is 3.46. The summed E-state index contributed by atoms with van der Waals surface area (Å²) in [6.07, 6.45) is 2.59. The molecule has 0 radical (unpaired) electrons. The van der Waals surface area contributed by atoms with E-state index in [4.69, 9.17) is 5.11 Å². The Morgan fingerprint density at radius 3 is 2.35 bits per heavy atom. The zero-order valence-electron chi connectivity index (χ0n) is 11.6. The van der Waals surface area contributed by atoms with Gasteiger partial charge in [0.05, 0.1) is 5.92 Å². The minimum absolute atomic E-state index is 0. The van der Waals surface area contributed by atoms with Crippen molar-refractivity contribution in [1.82, 2.24) is 4.90 Å². The molecule has 1 aromatic rings. The van der Waals surface area contributed by atoms with Gasteiger partial charge in [-0.25, -0.2) is 0 Å². The highest BCUT2D eigenvalue weighted by Gasteiger charge is 2.28. The van der Waals surface area contributed by atoms with Crippen LogP contribution in [0.5, 0.6) is 0 Å². The Labute approximate surface area is 134 Å². The number of benzene rings is 1. The van der Waals surface area contributed by atoms with E-state index in [1.54, 1.807) is 0 Å². The maximum Gasteiger partial charge on any atom is 0.306 e. The fourth-order valence-electron chi connectivity index (χ4n) is 2.85. The Balaban J connectivity index is 0.00000200. The van der Waals surface area contributed by atoms with Crippen LogP contribution in [0.4, 0.5) is 0 Å². The molecule has 1 fully saturated rings. The molecular weight excluding hydrogens is 342 g/mol. The first-order chi connectivity index (χ1) is 9.11. The van der Waals surface area contributed by atoms with E-state index in [0.29, 0.717) is 6.04 Å². The Morgan fingerprint density at radius 2 is 1.90 bits per heavy atom. The van der Waals surface area contributed by atoms with Crippen molar-refractivity contribution in [2.75, 3.05) is 13.1 Å². The summed E-state index contributed by atoms with van der Waals surface area (Å²) in [5, 5.41) is 9.04. The quantitative estimate of drug-likeness (QED) is 0.876. The van der Waals surface area contributed by atoms with E-state index in [0.717, 1.165) is 36.8 Å². The second kappa shape index (κ2) is 8.01. The van der Waals surface area contributed by atoms with E-state index in [1.807, 2.05) is 0 Å². The van der Waals surface area contributed by atoms with Crippen molar-refractivity contribution in [3.63, 3.8) is 0 Å². The molecule has 0 amide bonds. The molecule has 0 bridgehead atoms. The van der Waals surface area contributed by atoms with Gasteiger partial charge in [0.25, 0.3) is 0 Å². The predicted molar refractivity (Wildman–Crippen MR) is 86.4 cm³/mol. The average Bonchev–Trinajstić information content (AvgIpc) is 2.42. The SMILES string of the molecule is CCC(c1ccc(Br)cc1)N1CCC(C(=O)O)CC1.Cl. The number of halogens is 2. The van der Waals surface area contributed by atoms with Crippen LogP contribution in [0.2, 0.25) is 0 Å². The van der Waals surface area contributed by atoms with Gasteiger partial charge in [-0.1, -0.05) is 35.0 Å². The summed E-state index contributed by atoms with van der Waals surface area (Å²) in [5.74, 6) is -0.796. The highest BCUT2D eigenvalue weighted by atomic mass is 79.9. The third-order valence-electron chi connectivity index (χ3n) is 3.96. The molecule has 112 valence electrons. The molecule has 1 heterocycles. The standard InChI is InChI=1S/C15H20BrNO2.ClH/c1-2-14(11-3-5-13(16)6-4-11)17-9-7-12(8-10-17)15(18)19;/h3-6,12,14H,2,7-10H2,1H3,(H,18,19);1H. The van der Waals surface area contributed by atoms with Crippen LogP contribution in [0.15, 0.2) is 28.7 Å². The summed E-state index contributed by atoms with van der Waals surface area (Å²) < 4.78 is 1.09. The molecule has 5 heteroatoms. The third kappa shape index (κ3) is 4.21. The number of hydrogen-bond donors (Lipinski definition) is 1. The van der Waals surface area contributed by atoms with Crippen LogP contribution in [-0.4, -0.2) is 29.1 Å². The lowest BCUT2D eigenvalue weighted by atomic mass is 9.93. The number of piperidine rings is 1. The molecular formula is C15H21BrClNO2. The minimum Gasteiger partial charge on any atom is -0.481 e. The first kappa shape index (κ1) is 17.5. The van der Waals surface area contributed by atoms with E-state index in [2.05, 4.69) is 52.0 Å². The number of carboxylic acids is 1. The molecule has 0 aliphatic carbocycles. The number of likely N-dealkylation sites (tertiary alicyclic amines) is 1. The molecule has 1 aromatic carbocycles. The van der Waals surface area contributed by atoms with Crippen molar-refractivity contribution in [3.8, 4) is 0 Å². The number of carbonyl (C=O) groups is 1. The lowest BCUT2D eigenvalue weighted by Gasteiger charge is -2.36. The maximum atomic E-state index is 11.0. The van der Waals surface area contributed by atoms with Crippen LogP contribution in [0.1, 0.15) is 37.8 Å². The average molecular weight is 363 g/mol. The number of carboxylic acid groups (broad SMARTS) is 1. The number of aliphatic carboxylic acids is 1. The van der Waals surface area contributed by atoms with Crippen LogP contribution in [0, 0.1) is 5.92 Å². The van der Waals surface area contributed by atoms with E-state index in [9.17, 15) is 4.79 Å². The number of nitrogens with zero attached hydrogens (tertiary/aromatic N) is 1. The molecule has 1 saturated heterocycles. The molecule has 1 atom stereocenters. The summed E-state index contributed by atoms with van der Waals surface area (Å²) in [6.45, 7) is 3.95. The van der Waals surface area contributed by atoms with Crippen LogP contribution in [-0.2, 0) is 4.79 Å². The van der Waals surface area contributed by atoms with Crippen LogP contribution in [0.3, 0.4) is 0 Å². The zero-order chi connectivity index (χ0) is 13.8. The molecule has 1 aliphatic heterocycles. The van der Waals surface area contributed by atoms with Gasteiger partial charge in [0.1, 0.15) is 0 Å². The van der Waals surface area contributed by atoms with Crippen LogP contribution >= 0.6 is 28.3 Å². The molecule has 0 saturated carbocycles. The second-order valence-corrected chi connectivity index (χ2v) is 6.04.